The standard InChI is InChI=1S/C28H25BrN2O4/c1-4-24(32)26-25(18-8-6-5-7-9-18)23-16-22(29)15-14-21(23)17-31(26)28(34)20-12-10-19(11-13-20)27(33)30(2)35-3/h5-16H,4,17H2,1-3H3. The van der Waals surface area contributed by atoms with Crippen molar-refractivity contribution in [1.29, 1.82) is 0 Å². The predicted octanol–water partition coefficient (Wildman–Crippen LogP) is 5.48. The molecule has 178 valence electrons. The van der Waals surface area contributed by atoms with E-state index in [0.29, 0.717) is 16.8 Å². The summed E-state index contributed by atoms with van der Waals surface area (Å²) in [7, 11) is 2.93. The minimum absolute atomic E-state index is 0.114. The van der Waals surface area contributed by atoms with Crippen LogP contribution in [0.4, 0.5) is 0 Å². The maximum absolute atomic E-state index is 13.8. The lowest BCUT2D eigenvalue weighted by Gasteiger charge is -2.33. The number of hydrogen-bond acceptors (Lipinski definition) is 4. The van der Waals surface area contributed by atoms with Gasteiger partial charge in [0.25, 0.3) is 11.8 Å². The number of rotatable bonds is 6. The van der Waals surface area contributed by atoms with Gasteiger partial charge in [-0.05, 0) is 53.1 Å². The van der Waals surface area contributed by atoms with Crippen molar-refractivity contribution in [1.82, 2.24) is 9.96 Å². The number of carbonyl (C=O) groups excluding carboxylic acids is 3. The van der Waals surface area contributed by atoms with E-state index in [1.807, 2.05) is 48.5 Å². The van der Waals surface area contributed by atoms with Crippen LogP contribution in [0.3, 0.4) is 0 Å². The van der Waals surface area contributed by atoms with Gasteiger partial charge in [0.05, 0.1) is 19.4 Å². The van der Waals surface area contributed by atoms with Gasteiger partial charge < -0.3 is 0 Å². The molecule has 2 amide bonds. The molecule has 0 unspecified atom stereocenters. The van der Waals surface area contributed by atoms with E-state index in [1.165, 1.54) is 14.2 Å². The van der Waals surface area contributed by atoms with E-state index in [9.17, 15) is 14.4 Å². The lowest BCUT2D eigenvalue weighted by Crippen LogP contribution is -2.37. The molecule has 6 nitrogen and oxygen atoms in total. The minimum Gasteiger partial charge on any atom is -0.300 e. The summed E-state index contributed by atoms with van der Waals surface area (Å²) in [6.07, 6.45) is 0.259. The Hall–Kier alpha value is -3.55. The van der Waals surface area contributed by atoms with Crippen molar-refractivity contribution in [2.24, 2.45) is 0 Å². The highest BCUT2D eigenvalue weighted by Crippen LogP contribution is 2.39. The number of Topliss-reactive ketones (excluding diaryl/α,β-unsaturated/α-hetero) is 1. The van der Waals surface area contributed by atoms with E-state index in [0.717, 1.165) is 31.8 Å². The molecule has 3 aromatic rings. The summed E-state index contributed by atoms with van der Waals surface area (Å²) in [6, 6.07) is 21.9. The minimum atomic E-state index is -0.322. The predicted molar refractivity (Wildman–Crippen MR) is 137 cm³/mol. The lowest BCUT2D eigenvalue weighted by atomic mass is 9.86. The van der Waals surface area contributed by atoms with Gasteiger partial charge in [-0.2, -0.15) is 0 Å². The molecule has 0 atom stereocenters. The van der Waals surface area contributed by atoms with Gasteiger partial charge in [0.1, 0.15) is 0 Å². The van der Waals surface area contributed by atoms with Crippen LogP contribution in [0.5, 0.6) is 0 Å². The molecular formula is C28H25BrN2O4. The van der Waals surface area contributed by atoms with Crippen LogP contribution >= 0.6 is 15.9 Å². The zero-order valence-corrected chi connectivity index (χ0v) is 21.3. The summed E-state index contributed by atoms with van der Waals surface area (Å²) in [5.41, 5.74) is 4.64. The van der Waals surface area contributed by atoms with Gasteiger partial charge in [-0.25, -0.2) is 5.06 Å². The van der Waals surface area contributed by atoms with E-state index >= 15 is 0 Å². The first kappa shape index (κ1) is 24.6. The van der Waals surface area contributed by atoms with E-state index < -0.39 is 0 Å². The molecular weight excluding hydrogens is 508 g/mol. The molecule has 1 aliphatic heterocycles. The Kier molecular flexibility index (Phi) is 7.28. The number of hydroxylamine groups is 2. The smallest absolute Gasteiger partial charge is 0.277 e. The Bertz CT molecular complexity index is 1320. The average Bonchev–Trinajstić information content (AvgIpc) is 2.90. The Morgan fingerprint density at radius 3 is 2.26 bits per heavy atom. The molecule has 35 heavy (non-hydrogen) atoms. The third kappa shape index (κ3) is 4.83. The van der Waals surface area contributed by atoms with Crippen LogP contribution in [0.2, 0.25) is 0 Å². The van der Waals surface area contributed by atoms with Crippen LogP contribution in [0.1, 0.15) is 50.8 Å². The summed E-state index contributed by atoms with van der Waals surface area (Å²) < 4.78 is 0.897. The van der Waals surface area contributed by atoms with Gasteiger partial charge >= 0.3 is 0 Å². The van der Waals surface area contributed by atoms with Gasteiger partial charge in [-0.3, -0.25) is 24.1 Å². The number of halogens is 1. The summed E-state index contributed by atoms with van der Waals surface area (Å²) in [6.45, 7) is 2.07. The molecule has 0 bridgehead atoms. The van der Waals surface area contributed by atoms with Crippen LogP contribution in [-0.4, -0.2) is 41.7 Å². The first-order valence-corrected chi connectivity index (χ1v) is 12.0. The molecule has 3 aromatic carbocycles. The largest absolute Gasteiger partial charge is 0.300 e. The Morgan fingerprint density at radius 2 is 1.63 bits per heavy atom. The Morgan fingerprint density at radius 1 is 0.971 bits per heavy atom. The fraction of sp³-hybridized carbons (Fsp3) is 0.179. The lowest BCUT2D eigenvalue weighted by molar-refractivity contribution is -0.116. The zero-order chi connectivity index (χ0) is 25.1. The molecule has 4 rings (SSSR count). The van der Waals surface area contributed by atoms with Gasteiger partial charge in [0, 0.05) is 34.6 Å². The van der Waals surface area contributed by atoms with Crippen LogP contribution in [0, 0.1) is 0 Å². The maximum Gasteiger partial charge on any atom is 0.277 e. The highest BCUT2D eigenvalue weighted by atomic mass is 79.9. The van der Waals surface area contributed by atoms with Gasteiger partial charge in [-0.1, -0.05) is 59.3 Å². The highest BCUT2D eigenvalue weighted by molar-refractivity contribution is 9.10. The Balaban J connectivity index is 1.84. The molecule has 0 N–H and O–H groups in total. The molecule has 0 spiro atoms. The summed E-state index contributed by atoms with van der Waals surface area (Å²) in [4.78, 5) is 45.9. The van der Waals surface area contributed by atoms with Crippen molar-refractivity contribution < 1.29 is 19.2 Å². The molecule has 0 fully saturated rings. The fourth-order valence-corrected chi connectivity index (χ4v) is 4.50. The Labute approximate surface area is 212 Å². The fourth-order valence-electron chi connectivity index (χ4n) is 4.13. The van der Waals surface area contributed by atoms with Crippen molar-refractivity contribution in [3.05, 3.63) is 111 Å². The number of benzene rings is 3. The topological polar surface area (TPSA) is 66.9 Å². The third-order valence-corrected chi connectivity index (χ3v) is 6.50. The van der Waals surface area contributed by atoms with Crippen LogP contribution < -0.4 is 0 Å². The molecule has 0 aromatic heterocycles. The molecule has 0 aliphatic carbocycles. The summed E-state index contributed by atoms with van der Waals surface area (Å²) >= 11 is 3.55. The number of allylic oxidation sites excluding steroid dienone is 1. The van der Waals surface area contributed by atoms with Crippen molar-refractivity contribution >= 4 is 39.1 Å². The van der Waals surface area contributed by atoms with E-state index in [4.69, 9.17) is 4.84 Å². The molecule has 7 heteroatoms. The number of amides is 2. The van der Waals surface area contributed by atoms with Gasteiger partial charge in [-0.15, -0.1) is 0 Å². The second-order valence-electron chi connectivity index (χ2n) is 8.12. The maximum atomic E-state index is 13.8. The van der Waals surface area contributed by atoms with E-state index in [-0.39, 0.29) is 30.6 Å². The van der Waals surface area contributed by atoms with Crippen molar-refractivity contribution in [3.63, 3.8) is 0 Å². The summed E-state index contributed by atoms with van der Waals surface area (Å²) in [5, 5.41) is 1.11. The van der Waals surface area contributed by atoms with Crippen molar-refractivity contribution in [3.8, 4) is 0 Å². The quantitative estimate of drug-likeness (QED) is 0.394. The van der Waals surface area contributed by atoms with Gasteiger partial charge in [0.2, 0.25) is 0 Å². The van der Waals surface area contributed by atoms with E-state index in [1.54, 1.807) is 36.1 Å². The molecule has 1 heterocycles. The monoisotopic (exact) mass is 532 g/mol. The first-order chi connectivity index (χ1) is 16.8. The third-order valence-electron chi connectivity index (χ3n) is 6.01. The first-order valence-electron chi connectivity index (χ1n) is 11.2. The summed E-state index contributed by atoms with van der Waals surface area (Å²) in [5.74, 6) is -0.740. The number of nitrogens with zero attached hydrogens (tertiary/aromatic N) is 2. The number of carbonyl (C=O) groups is 3. The molecule has 0 saturated carbocycles. The van der Waals surface area contributed by atoms with Crippen LogP contribution in [-0.2, 0) is 16.2 Å². The SMILES string of the molecule is CCC(=O)C1=C(c2ccccc2)c2cc(Br)ccc2CN1C(=O)c1ccc(C(=O)N(C)OC)cc1. The van der Waals surface area contributed by atoms with Crippen molar-refractivity contribution in [2.75, 3.05) is 14.2 Å². The van der Waals surface area contributed by atoms with Gasteiger partial charge in [0.15, 0.2) is 5.78 Å². The van der Waals surface area contributed by atoms with Crippen LogP contribution in [0.25, 0.3) is 5.57 Å². The number of fused-ring (bicyclic) bond motifs is 1. The molecule has 0 radical (unpaired) electrons. The second kappa shape index (κ2) is 10.4. The van der Waals surface area contributed by atoms with E-state index in [2.05, 4.69) is 15.9 Å². The average molecular weight is 533 g/mol. The van der Waals surface area contributed by atoms with Crippen LogP contribution in [0.15, 0.2) is 83.0 Å². The number of ketones is 1. The number of hydrogen-bond donors (Lipinski definition) is 0. The van der Waals surface area contributed by atoms with Crippen molar-refractivity contribution in [2.45, 2.75) is 19.9 Å². The normalized spacial score (nSPS) is 12.9. The molecule has 0 saturated heterocycles. The molecule has 1 aliphatic rings. The second-order valence-corrected chi connectivity index (χ2v) is 9.04. The highest BCUT2D eigenvalue weighted by Gasteiger charge is 2.33. The zero-order valence-electron chi connectivity index (χ0n) is 19.7.